The largest absolute Gasteiger partial charge is 0.480 e. The Hall–Kier alpha value is -1.63. The Balaban J connectivity index is 2.58. The lowest BCUT2D eigenvalue weighted by atomic mass is 10.2. The second kappa shape index (κ2) is 8.52. The third-order valence-electron chi connectivity index (χ3n) is 3.24. The fourth-order valence-corrected chi connectivity index (χ4v) is 2.13. The summed E-state index contributed by atoms with van der Waals surface area (Å²) in [5.74, 6) is -1.45. The minimum Gasteiger partial charge on any atom is -0.480 e. The molecule has 7 heteroatoms. The quantitative estimate of drug-likeness (QED) is 0.709. The van der Waals surface area contributed by atoms with E-state index in [0.29, 0.717) is 13.0 Å². The molecule has 114 valence electrons. The van der Waals surface area contributed by atoms with Gasteiger partial charge in [0.05, 0.1) is 13.2 Å². The Kier molecular flexibility index (Phi) is 7.00. The monoisotopic (exact) mass is 286 g/mol. The normalized spacial score (nSPS) is 15.8. The number of hydrogen-bond acceptors (Lipinski definition) is 4. The Morgan fingerprint density at radius 2 is 2.10 bits per heavy atom. The summed E-state index contributed by atoms with van der Waals surface area (Å²) >= 11 is 0. The summed E-state index contributed by atoms with van der Waals surface area (Å²) in [4.78, 5) is 37.5. The number of rotatable bonds is 7. The summed E-state index contributed by atoms with van der Waals surface area (Å²) in [5.41, 5.74) is 0. The van der Waals surface area contributed by atoms with E-state index in [1.165, 1.54) is 16.9 Å². The van der Waals surface area contributed by atoms with Gasteiger partial charge in [0.2, 0.25) is 11.8 Å². The van der Waals surface area contributed by atoms with Crippen LogP contribution in [0.5, 0.6) is 0 Å². The van der Waals surface area contributed by atoms with Gasteiger partial charge in [-0.25, -0.2) is 0 Å². The van der Waals surface area contributed by atoms with Crippen LogP contribution in [0, 0.1) is 0 Å². The molecule has 2 amide bonds. The fourth-order valence-electron chi connectivity index (χ4n) is 2.13. The summed E-state index contributed by atoms with van der Waals surface area (Å²) in [5, 5.41) is 8.82. The van der Waals surface area contributed by atoms with Gasteiger partial charge in [-0.1, -0.05) is 6.42 Å². The molecule has 1 saturated heterocycles. The van der Waals surface area contributed by atoms with Crippen molar-refractivity contribution in [2.24, 2.45) is 0 Å². The van der Waals surface area contributed by atoms with Crippen molar-refractivity contribution in [1.82, 2.24) is 9.80 Å². The molecule has 0 spiro atoms. The van der Waals surface area contributed by atoms with Crippen LogP contribution in [0.1, 0.15) is 25.7 Å². The number of carbonyl (C=O) groups excluding carboxylic acids is 2. The molecule has 0 aromatic rings. The summed E-state index contributed by atoms with van der Waals surface area (Å²) in [6.45, 7) is 0.631. The van der Waals surface area contributed by atoms with E-state index < -0.39 is 5.97 Å². The second-order valence-electron chi connectivity index (χ2n) is 4.83. The van der Waals surface area contributed by atoms with Gasteiger partial charge >= 0.3 is 5.97 Å². The maximum Gasteiger partial charge on any atom is 0.323 e. The summed E-state index contributed by atoms with van der Waals surface area (Å²) in [7, 11) is 1.49. The molecule has 1 aliphatic heterocycles. The summed E-state index contributed by atoms with van der Waals surface area (Å²) in [6.07, 6.45) is 3.19. The lowest BCUT2D eigenvalue weighted by Crippen LogP contribution is -2.45. The number of carboxylic acid groups (broad SMARTS) is 1. The molecule has 20 heavy (non-hydrogen) atoms. The first-order valence-electron chi connectivity index (χ1n) is 6.81. The van der Waals surface area contributed by atoms with E-state index in [1.807, 2.05) is 0 Å². The van der Waals surface area contributed by atoms with Gasteiger partial charge in [0.15, 0.2) is 0 Å². The first kappa shape index (κ1) is 16.4. The lowest BCUT2D eigenvalue weighted by Gasteiger charge is -2.25. The molecular weight excluding hydrogens is 264 g/mol. The van der Waals surface area contributed by atoms with Crippen LogP contribution < -0.4 is 0 Å². The van der Waals surface area contributed by atoms with Gasteiger partial charge in [-0.3, -0.25) is 14.4 Å². The molecule has 0 saturated carbocycles. The average Bonchev–Trinajstić information content (AvgIpc) is 2.59. The number of hydrogen-bond donors (Lipinski definition) is 1. The number of carbonyl (C=O) groups is 3. The Bertz CT molecular complexity index is 359. The zero-order valence-corrected chi connectivity index (χ0v) is 11.8. The Labute approximate surface area is 118 Å². The van der Waals surface area contributed by atoms with E-state index >= 15 is 0 Å². The highest BCUT2D eigenvalue weighted by Gasteiger charge is 2.23. The number of methoxy groups -OCH3 is 1. The van der Waals surface area contributed by atoms with Gasteiger partial charge in [0.1, 0.15) is 6.54 Å². The predicted molar refractivity (Wildman–Crippen MR) is 71.1 cm³/mol. The molecule has 7 nitrogen and oxygen atoms in total. The average molecular weight is 286 g/mol. The standard InChI is InChI=1S/C13H22N2O5/c1-20-8-7-15(10-13(18)19)12(17)9-14-6-4-2-3-5-11(14)16/h2-10H2,1H3,(H,18,19). The van der Waals surface area contributed by atoms with Gasteiger partial charge < -0.3 is 19.6 Å². The zero-order valence-electron chi connectivity index (χ0n) is 11.8. The van der Waals surface area contributed by atoms with Crippen LogP contribution in [0.4, 0.5) is 0 Å². The van der Waals surface area contributed by atoms with Crippen LogP contribution in [0.15, 0.2) is 0 Å². The van der Waals surface area contributed by atoms with Crippen LogP contribution in [-0.4, -0.2) is 72.6 Å². The maximum atomic E-state index is 12.1. The number of carboxylic acids is 1. The third kappa shape index (κ3) is 5.56. The number of aliphatic carboxylic acids is 1. The highest BCUT2D eigenvalue weighted by molar-refractivity contribution is 5.87. The smallest absolute Gasteiger partial charge is 0.323 e. The Morgan fingerprint density at radius 3 is 2.75 bits per heavy atom. The van der Waals surface area contributed by atoms with Crippen molar-refractivity contribution in [2.45, 2.75) is 25.7 Å². The summed E-state index contributed by atoms with van der Waals surface area (Å²) in [6, 6.07) is 0. The molecule has 1 heterocycles. The van der Waals surface area contributed by atoms with Crippen molar-refractivity contribution in [1.29, 1.82) is 0 Å². The molecule has 0 unspecified atom stereocenters. The molecule has 1 aliphatic rings. The van der Waals surface area contributed by atoms with Gasteiger partial charge in [-0.2, -0.15) is 0 Å². The highest BCUT2D eigenvalue weighted by atomic mass is 16.5. The molecule has 0 aromatic heterocycles. The van der Waals surface area contributed by atoms with Crippen molar-refractivity contribution < 1.29 is 24.2 Å². The van der Waals surface area contributed by atoms with E-state index in [-0.39, 0.29) is 38.1 Å². The van der Waals surface area contributed by atoms with Crippen LogP contribution in [-0.2, 0) is 19.1 Å². The van der Waals surface area contributed by atoms with Gasteiger partial charge in [-0.05, 0) is 12.8 Å². The molecule has 0 bridgehead atoms. The van der Waals surface area contributed by atoms with Crippen LogP contribution in [0.3, 0.4) is 0 Å². The first-order valence-corrected chi connectivity index (χ1v) is 6.81. The van der Waals surface area contributed by atoms with E-state index in [9.17, 15) is 14.4 Å². The summed E-state index contributed by atoms with van der Waals surface area (Å²) < 4.78 is 4.87. The second-order valence-corrected chi connectivity index (χ2v) is 4.83. The third-order valence-corrected chi connectivity index (χ3v) is 3.24. The number of nitrogens with zero attached hydrogens (tertiary/aromatic N) is 2. The first-order chi connectivity index (χ1) is 9.54. The van der Waals surface area contributed by atoms with Crippen LogP contribution in [0.2, 0.25) is 0 Å². The number of ether oxygens (including phenoxy) is 1. The van der Waals surface area contributed by atoms with Crippen molar-refractivity contribution in [3.05, 3.63) is 0 Å². The lowest BCUT2D eigenvalue weighted by molar-refractivity contribution is -0.146. The van der Waals surface area contributed by atoms with Gasteiger partial charge in [0.25, 0.3) is 0 Å². The minimum atomic E-state index is -1.07. The van der Waals surface area contributed by atoms with Crippen molar-refractivity contribution in [3.63, 3.8) is 0 Å². The van der Waals surface area contributed by atoms with E-state index in [2.05, 4.69) is 0 Å². The van der Waals surface area contributed by atoms with E-state index in [1.54, 1.807) is 0 Å². The molecule has 1 fully saturated rings. The minimum absolute atomic E-state index is 0.0298. The molecule has 1 N–H and O–H groups in total. The maximum absolute atomic E-state index is 12.1. The van der Waals surface area contributed by atoms with E-state index in [0.717, 1.165) is 19.3 Å². The van der Waals surface area contributed by atoms with Gasteiger partial charge in [-0.15, -0.1) is 0 Å². The molecular formula is C13H22N2O5. The van der Waals surface area contributed by atoms with Crippen LogP contribution in [0.25, 0.3) is 0 Å². The van der Waals surface area contributed by atoms with Crippen molar-refractivity contribution in [3.8, 4) is 0 Å². The van der Waals surface area contributed by atoms with Crippen molar-refractivity contribution >= 4 is 17.8 Å². The SMILES string of the molecule is COCCN(CC(=O)O)C(=O)CN1CCCCCC1=O. The number of amides is 2. The Morgan fingerprint density at radius 1 is 1.35 bits per heavy atom. The van der Waals surface area contributed by atoms with Gasteiger partial charge in [0, 0.05) is 26.6 Å². The predicted octanol–water partition coefficient (Wildman–Crippen LogP) is -0.0514. The molecule has 0 aromatic carbocycles. The zero-order chi connectivity index (χ0) is 15.0. The number of likely N-dealkylation sites (tertiary alicyclic amines) is 1. The highest BCUT2D eigenvalue weighted by Crippen LogP contribution is 2.11. The fraction of sp³-hybridized carbons (Fsp3) is 0.769. The molecule has 0 radical (unpaired) electrons. The topological polar surface area (TPSA) is 87.2 Å². The van der Waals surface area contributed by atoms with E-state index in [4.69, 9.17) is 9.84 Å². The molecule has 1 rings (SSSR count). The molecule has 0 atom stereocenters. The van der Waals surface area contributed by atoms with Crippen molar-refractivity contribution in [2.75, 3.05) is 39.9 Å². The van der Waals surface area contributed by atoms with Crippen LogP contribution >= 0.6 is 0 Å². The molecule has 0 aliphatic carbocycles.